The molecule has 0 fully saturated rings. The molecule has 2 aromatic carbocycles. The number of sulfonamides is 1. The fraction of sp³-hybridized carbons (Fsp3) is 0.364. The van der Waals surface area contributed by atoms with E-state index in [9.17, 15) is 22.7 Å². The number of aliphatic carboxylic acids is 1. The summed E-state index contributed by atoms with van der Waals surface area (Å²) in [6.07, 6.45) is 6.06. The van der Waals surface area contributed by atoms with Crippen molar-refractivity contribution in [2.24, 2.45) is 0 Å². The Morgan fingerprint density at radius 1 is 1.10 bits per heavy atom. The summed E-state index contributed by atoms with van der Waals surface area (Å²) < 4.78 is 42.3. The molecule has 0 amide bonds. The number of unbranched alkanes of at least 4 members (excludes halogenated alkanes) is 4. The number of rotatable bonds is 11. The number of halogens is 1. The maximum atomic E-state index is 13.1. The van der Waals surface area contributed by atoms with Crippen molar-refractivity contribution in [3.63, 3.8) is 0 Å². The molecule has 0 aliphatic rings. The van der Waals surface area contributed by atoms with Gasteiger partial charge in [0, 0.05) is 6.42 Å². The van der Waals surface area contributed by atoms with E-state index in [0.29, 0.717) is 29.0 Å². The van der Waals surface area contributed by atoms with Gasteiger partial charge in [-0.15, -0.1) is 0 Å². The van der Waals surface area contributed by atoms with Crippen LogP contribution >= 0.6 is 0 Å². The predicted octanol–water partition coefficient (Wildman–Crippen LogP) is 4.57. The third-order valence-electron chi connectivity index (χ3n) is 5.00. The van der Waals surface area contributed by atoms with Gasteiger partial charge in [0.25, 0.3) is 10.0 Å². The Kier molecular flexibility index (Phi) is 7.27. The summed E-state index contributed by atoms with van der Waals surface area (Å²) in [5.41, 5.74) is 1.45. The summed E-state index contributed by atoms with van der Waals surface area (Å²) in [5, 5.41) is 9.30. The lowest BCUT2D eigenvalue weighted by Gasteiger charge is -2.09. The number of aryl methyl sites for hydroxylation is 1. The van der Waals surface area contributed by atoms with Crippen molar-refractivity contribution >= 4 is 32.7 Å². The molecule has 2 N–H and O–H groups in total. The second-order valence-corrected chi connectivity index (χ2v) is 9.12. The third kappa shape index (κ3) is 5.81. The van der Waals surface area contributed by atoms with Gasteiger partial charge in [0.15, 0.2) is 0 Å². The molecule has 0 saturated heterocycles. The normalized spacial score (nSPS) is 11.7. The van der Waals surface area contributed by atoms with Gasteiger partial charge in [-0.3, -0.25) is 9.52 Å². The number of nitrogens with one attached hydrogen (secondary N) is 1. The summed E-state index contributed by atoms with van der Waals surface area (Å²) in [6, 6.07) is 9.34. The SMILES string of the molecule is CCCCCCCc1nc2cc(NS(=O)(=O)c3ccc(F)cc3)ccc2n1CC(=O)O. The molecule has 0 saturated carbocycles. The predicted molar refractivity (Wildman–Crippen MR) is 117 cm³/mol. The Labute approximate surface area is 181 Å². The monoisotopic (exact) mass is 447 g/mol. The molecule has 0 spiro atoms. The number of carboxylic acids is 1. The summed E-state index contributed by atoms with van der Waals surface area (Å²) in [4.78, 5) is 15.9. The molecule has 31 heavy (non-hydrogen) atoms. The van der Waals surface area contributed by atoms with E-state index in [4.69, 9.17) is 0 Å². The molecule has 0 atom stereocenters. The zero-order valence-electron chi connectivity index (χ0n) is 17.3. The third-order valence-corrected chi connectivity index (χ3v) is 6.40. The largest absolute Gasteiger partial charge is 0.480 e. The number of hydrogen-bond acceptors (Lipinski definition) is 4. The molecule has 9 heteroatoms. The highest BCUT2D eigenvalue weighted by atomic mass is 32.2. The molecule has 0 aliphatic heterocycles. The molecule has 0 radical (unpaired) electrons. The highest BCUT2D eigenvalue weighted by Gasteiger charge is 2.17. The van der Waals surface area contributed by atoms with Crippen LogP contribution in [0.5, 0.6) is 0 Å². The minimum absolute atomic E-state index is 0.0572. The molecule has 0 aliphatic carbocycles. The molecule has 0 unspecified atom stereocenters. The molecule has 7 nitrogen and oxygen atoms in total. The highest BCUT2D eigenvalue weighted by Crippen LogP contribution is 2.24. The van der Waals surface area contributed by atoms with Gasteiger partial charge < -0.3 is 9.67 Å². The second kappa shape index (κ2) is 9.91. The Morgan fingerprint density at radius 3 is 2.48 bits per heavy atom. The number of anilines is 1. The van der Waals surface area contributed by atoms with Crippen molar-refractivity contribution in [3.8, 4) is 0 Å². The van der Waals surface area contributed by atoms with Gasteiger partial charge >= 0.3 is 5.97 Å². The van der Waals surface area contributed by atoms with Crippen LogP contribution in [-0.4, -0.2) is 29.0 Å². The van der Waals surface area contributed by atoms with Crippen molar-refractivity contribution in [2.75, 3.05) is 4.72 Å². The molecule has 3 rings (SSSR count). The lowest BCUT2D eigenvalue weighted by molar-refractivity contribution is -0.137. The van der Waals surface area contributed by atoms with Crippen LogP contribution in [0.15, 0.2) is 47.4 Å². The zero-order valence-corrected chi connectivity index (χ0v) is 18.2. The number of carboxylic acid groups (broad SMARTS) is 1. The standard InChI is InChI=1S/C22H26FN3O4S/c1-2-3-4-5-6-7-21-24-19-14-17(10-13-20(19)26(21)15-22(27)28)25-31(29,30)18-11-8-16(23)9-12-18/h8-14,25H,2-7,15H2,1H3,(H,27,28). The fourth-order valence-electron chi connectivity index (χ4n) is 3.46. The van der Waals surface area contributed by atoms with Crippen LogP contribution < -0.4 is 4.72 Å². The van der Waals surface area contributed by atoms with Crippen LogP contribution in [0.4, 0.5) is 10.1 Å². The van der Waals surface area contributed by atoms with E-state index in [1.54, 1.807) is 22.8 Å². The van der Waals surface area contributed by atoms with Crippen molar-refractivity contribution in [1.29, 1.82) is 0 Å². The lowest BCUT2D eigenvalue weighted by atomic mass is 10.1. The summed E-state index contributed by atoms with van der Waals surface area (Å²) >= 11 is 0. The maximum Gasteiger partial charge on any atom is 0.323 e. The van der Waals surface area contributed by atoms with Gasteiger partial charge in [-0.05, 0) is 48.9 Å². The van der Waals surface area contributed by atoms with E-state index < -0.39 is 21.8 Å². The summed E-state index contributed by atoms with van der Waals surface area (Å²) in [7, 11) is -3.89. The van der Waals surface area contributed by atoms with Gasteiger partial charge in [-0.25, -0.2) is 17.8 Å². The van der Waals surface area contributed by atoms with Crippen LogP contribution in [0.25, 0.3) is 11.0 Å². The minimum atomic E-state index is -3.89. The Hall–Kier alpha value is -2.94. The average molecular weight is 448 g/mol. The van der Waals surface area contributed by atoms with E-state index in [1.165, 1.54) is 18.6 Å². The first-order valence-corrected chi connectivity index (χ1v) is 11.8. The van der Waals surface area contributed by atoms with E-state index >= 15 is 0 Å². The van der Waals surface area contributed by atoms with Gasteiger partial charge in [0.1, 0.15) is 18.2 Å². The van der Waals surface area contributed by atoms with Gasteiger partial charge in [-0.2, -0.15) is 0 Å². The minimum Gasteiger partial charge on any atom is -0.480 e. The number of nitrogens with zero attached hydrogens (tertiary/aromatic N) is 2. The van der Waals surface area contributed by atoms with E-state index in [0.717, 1.165) is 37.8 Å². The number of fused-ring (bicyclic) bond motifs is 1. The van der Waals surface area contributed by atoms with Crippen molar-refractivity contribution in [1.82, 2.24) is 9.55 Å². The number of carbonyl (C=O) groups is 1. The summed E-state index contributed by atoms with van der Waals surface area (Å²) in [6.45, 7) is 1.94. The maximum absolute atomic E-state index is 13.1. The highest BCUT2D eigenvalue weighted by molar-refractivity contribution is 7.92. The van der Waals surface area contributed by atoms with E-state index in [1.807, 2.05) is 0 Å². The van der Waals surface area contributed by atoms with E-state index in [-0.39, 0.29) is 11.4 Å². The zero-order chi connectivity index (χ0) is 22.4. The second-order valence-electron chi connectivity index (χ2n) is 7.44. The van der Waals surface area contributed by atoms with Crippen molar-refractivity contribution in [3.05, 3.63) is 54.1 Å². The fourth-order valence-corrected chi connectivity index (χ4v) is 4.51. The molecular weight excluding hydrogens is 421 g/mol. The van der Waals surface area contributed by atoms with Crippen LogP contribution in [0.2, 0.25) is 0 Å². The van der Waals surface area contributed by atoms with Crippen LogP contribution in [0.1, 0.15) is 44.9 Å². The smallest absolute Gasteiger partial charge is 0.323 e. The van der Waals surface area contributed by atoms with Gasteiger partial charge in [0.05, 0.1) is 21.6 Å². The number of benzene rings is 2. The van der Waals surface area contributed by atoms with Crippen molar-refractivity contribution < 1.29 is 22.7 Å². The summed E-state index contributed by atoms with van der Waals surface area (Å²) in [5.74, 6) is -0.813. The molecule has 0 bridgehead atoms. The molecule has 166 valence electrons. The Morgan fingerprint density at radius 2 is 1.81 bits per heavy atom. The number of aromatic nitrogens is 2. The van der Waals surface area contributed by atoms with Crippen molar-refractivity contribution in [2.45, 2.75) is 56.9 Å². The number of hydrogen-bond donors (Lipinski definition) is 2. The molecule has 1 aromatic heterocycles. The quantitative estimate of drug-likeness (QED) is 0.419. The Bertz CT molecular complexity index is 1160. The first-order chi connectivity index (χ1) is 14.8. The van der Waals surface area contributed by atoms with E-state index in [2.05, 4.69) is 16.6 Å². The molecule has 3 aromatic rings. The van der Waals surface area contributed by atoms with Crippen LogP contribution in [-0.2, 0) is 27.8 Å². The van der Waals surface area contributed by atoms with Gasteiger partial charge in [-0.1, -0.05) is 32.6 Å². The van der Waals surface area contributed by atoms with Crippen LogP contribution in [0.3, 0.4) is 0 Å². The number of imidazole rings is 1. The van der Waals surface area contributed by atoms with Gasteiger partial charge in [0.2, 0.25) is 0 Å². The first-order valence-electron chi connectivity index (χ1n) is 10.3. The lowest BCUT2D eigenvalue weighted by Crippen LogP contribution is -2.13. The Balaban J connectivity index is 1.85. The van der Waals surface area contributed by atoms with Crippen LogP contribution in [0, 0.1) is 5.82 Å². The molecular formula is C22H26FN3O4S. The first kappa shape index (κ1) is 22.7. The molecule has 1 heterocycles. The topological polar surface area (TPSA) is 101 Å². The average Bonchev–Trinajstić information content (AvgIpc) is 3.04.